The molecule has 1 atom stereocenters. The SMILES string of the molecule is COc1ccc(F)cc1C(C)(C)C[C@@](O)(Cc1cc2cc(C#N)ccc2[nH]1)C(F)(F)F. The average Bonchev–Trinajstić information content (AvgIpc) is 3.07. The molecule has 2 aromatic carbocycles. The summed E-state index contributed by atoms with van der Waals surface area (Å²) in [5.74, 6) is -0.367. The number of halogens is 4. The fourth-order valence-corrected chi connectivity index (χ4v) is 3.97. The average molecular weight is 434 g/mol. The van der Waals surface area contributed by atoms with E-state index in [1.54, 1.807) is 18.2 Å². The van der Waals surface area contributed by atoms with Crippen molar-refractivity contribution in [3.8, 4) is 11.8 Å². The van der Waals surface area contributed by atoms with Crippen LogP contribution in [0.4, 0.5) is 17.6 Å². The summed E-state index contributed by atoms with van der Waals surface area (Å²) in [5.41, 5.74) is -3.02. The fourth-order valence-electron chi connectivity index (χ4n) is 3.97. The lowest BCUT2D eigenvalue weighted by molar-refractivity contribution is -0.266. The molecular weight excluding hydrogens is 412 g/mol. The van der Waals surface area contributed by atoms with Gasteiger partial charge in [-0.15, -0.1) is 0 Å². The van der Waals surface area contributed by atoms with E-state index < -0.39 is 35.9 Å². The maximum atomic E-state index is 14.1. The van der Waals surface area contributed by atoms with Crippen LogP contribution in [0.25, 0.3) is 10.9 Å². The standard InChI is InChI=1S/C23H22F4N2O2/c1-21(2,18-10-16(24)5-7-20(18)31-3)13-22(30,23(25,26)27)11-17-9-15-8-14(12-28)4-6-19(15)29-17/h4-10,29-30H,11,13H2,1-3H3/t22-/m0/s1. The fraction of sp³-hybridized carbons (Fsp3) is 0.348. The molecule has 1 heterocycles. The summed E-state index contributed by atoms with van der Waals surface area (Å²) < 4.78 is 61.2. The van der Waals surface area contributed by atoms with Gasteiger partial charge in [0.25, 0.3) is 0 Å². The monoisotopic (exact) mass is 434 g/mol. The third-order valence-electron chi connectivity index (χ3n) is 5.44. The smallest absolute Gasteiger partial charge is 0.417 e. The van der Waals surface area contributed by atoms with Gasteiger partial charge in [-0.3, -0.25) is 0 Å². The third-order valence-corrected chi connectivity index (χ3v) is 5.44. The summed E-state index contributed by atoms with van der Waals surface area (Å²) in [6.07, 6.45) is -6.39. The predicted molar refractivity (Wildman–Crippen MR) is 108 cm³/mol. The minimum Gasteiger partial charge on any atom is -0.496 e. The van der Waals surface area contributed by atoms with E-state index in [2.05, 4.69) is 4.98 Å². The number of nitriles is 1. The molecule has 0 fully saturated rings. The van der Waals surface area contributed by atoms with Gasteiger partial charge in [0, 0.05) is 28.6 Å². The largest absolute Gasteiger partial charge is 0.496 e. The molecule has 0 aliphatic rings. The summed E-state index contributed by atoms with van der Waals surface area (Å²) in [7, 11) is 1.35. The molecule has 8 heteroatoms. The van der Waals surface area contributed by atoms with Crippen molar-refractivity contribution in [2.75, 3.05) is 7.11 Å². The van der Waals surface area contributed by atoms with Crippen LogP contribution in [0.1, 0.15) is 37.1 Å². The molecule has 2 N–H and O–H groups in total. The third kappa shape index (κ3) is 4.52. The number of fused-ring (bicyclic) bond motifs is 1. The second-order valence-electron chi connectivity index (χ2n) is 8.32. The van der Waals surface area contributed by atoms with Crippen molar-refractivity contribution in [3.63, 3.8) is 0 Å². The zero-order valence-corrected chi connectivity index (χ0v) is 17.3. The Morgan fingerprint density at radius 1 is 1.10 bits per heavy atom. The summed E-state index contributed by atoms with van der Waals surface area (Å²) in [4.78, 5) is 2.88. The molecular formula is C23H22F4N2O2. The highest BCUT2D eigenvalue weighted by Crippen LogP contribution is 2.45. The molecule has 31 heavy (non-hydrogen) atoms. The van der Waals surface area contributed by atoms with Gasteiger partial charge in [0.1, 0.15) is 11.6 Å². The number of hydrogen-bond acceptors (Lipinski definition) is 3. The number of rotatable bonds is 6. The maximum absolute atomic E-state index is 14.1. The normalized spacial score (nSPS) is 14.3. The Labute approximate surface area is 177 Å². The minimum atomic E-state index is -4.94. The van der Waals surface area contributed by atoms with E-state index in [1.165, 1.54) is 33.1 Å². The quantitative estimate of drug-likeness (QED) is 0.511. The van der Waals surface area contributed by atoms with E-state index in [1.807, 2.05) is 6.07 Å². The molecule has 0 spiro atoms. The summed E-state index contributed by atoms with van der Waals surface area (Å²) in [6.45, 7) is 3.01. The van der Waals surface area contributed by atoms with E-state index in [4.69, 9.17) is 10.00 Å². The van der Waals surface area contributed by atoms with E-state index in [0.717, 1.165) is 12.1 Å². The van der Waals surface area contributed by atoms with Gasteiger partial charge in [-0.1, -0.05) is 13.8 Å². The van der Waals surface area contributed by atoms with Gasteiger partial charge in [-0.25, -0.2) is 4.39 Å². The van der Waals surface area contributed by atoms with Crippen molar-refractivity contribution >= 4 is 10.9 Å². The first kappa shape index (κ1) is 22.6. The van der Waals surface area contributed by atoms with Gasteiger partial charge in [-0.2, -0.15) is 18.4 Å². The van der Waals surface area contributed by atoms with Crippen molar-refractivity contribution in [2.24, 2.45) is 0 Å². The maximum Gasteiger partial charge on any atom is 0.417 e. The molecule has 0 unspecified atom stereocenters. The van der Waals surface area contributed by atoms with Crippen molar-refractivity contribution in [2.45, 2.75) is 43.9 Å². The molecule has 0 amide bonds. The zero-order chi connectivity index (χ0) is 23.0. The Kier molecular flexibility index (Phi) is 5.76. The Morgan fingerprint density at radius 2 is 1.81 bits per heavy atom. The number of ether oxygens (including phenoxy) is 1. The number of H-pyrrole nitrogens is 1. The van der Waals surface area contributed by atoms with E-state index in [0.29, 0.717) is 16.5 Å². The second kappa shape index (κ2) is 7.89. The van der Waals surface area contributed by atoms with Crippen molar-refractivity contribution in [1.29, 1.82) is 5.26 Å². The molecule has 0 saturated heterocycles. The van der Waals surface area contributed by atoms with Gasteiger partial charge >= 0.3 is 6.18 Å². The lowest BCUT2D eigenvalue weighted by Crippen LogP contribution is -2.51. The van der Waals surface area contributed by atoms with Crippen LogP contribution in [0.5, 0.6) is 5.75 Å². The van der Waals surface area contributed by atoms with Crippen LogP contribution >= 0.6 is 0 Å². The predicted octanol–water partition coefficient (Wildman–Crippen LogP) is 5.39. The number of alkyl halides is 3. The van der Waals surface area contributed by atoms with Crippen LogP contribution < -0.4 is 4.74 Å². The highest BCUT2D eigenvalue weighted by atomic mass is 19.4. The number of aromatic nitrogens is 1. The van der Waals surface area contributed by atoms with Crippen LogP contribution in [0.3, 0.4) is 0 Å². The topological polar surface area (TPSA) is 69.0 Å². The first-order valence-electron chi connectivity index (χ1n) is 9.53. The van der Waals surface area contributed by atoms with Crippen LogP contribution in [0, 0.1) is 17.1 Å². The summed E-state index contributed by atoms with van der Waals surface area (Å²) in [5, 5.41) is 20.4. The van der Waals surface area contributed by atoms with Crippen molar-refractivity contribution in [1.82, 2.24) is 4.98 Å². The number of aliphatic hydroxyl groups is 1. The summed E-state index contributed by atoms with van der Waals surface area (Å²) >= 11 is 0. The van der Waals surface area contributed by atoms with Crippen LogP contribution in [0.15, 0.2) is 42.5 Å². The molecule has 0 radical (unpaired) electrons. The van der Waals surface area contributed by atoms with Gasteiger partial charge < -0.3 is 14.8 Å². The molecule has 0 aliphatic carbocycles. The number of nitrogens with zero attached hydrogens (tertiary/aromatic N) is 1. The molecule has 1 aromatic heterocycles. The molecule has 3 aromatic rings. The molecule has 0 saturated carbocycles. The molecule has 3 rings (SSSR count). The minimum absolute atomic E-state index is 0.173. The van der Waals surface area contributed by atoms with E-state index >= 15 is 0 Å². The summed E-state index contributed by atoms with van der Waals surface area (Å²) in [6, 6.07) is 11.8. The van der Waals surface area contributed by atoms with Gasteiger partial charge in [-0.05, 0) is 54.3 Å². The number of nitrogens with one attached hydrogen (secondary N) is 1. The Balaban J connectivity index is 2.00. The lowest BCUT2D eigenvalue weighted by atomic mass is 9.73. The van der Waals surface area contributed by atoms with Crippen LogP contribution in [-0.4, -0.2) is 29.0 Å². The van der Waals surface area contributed by atoms with E-state index in [-0.39, 0.29) is 17.0 Å². The second-order valence-corrected chi connectivity index (χ2v) is 8.32. The van der Waals surface area contributed by atoms with Gasteiger partial charge in [0.15, 0.2) is 5.60 Å². The first-order valence-corrected chi connectivity index (χ1v) is 9.53. The Morgan fingerprint density at radius 3 is 2.42 bits per heavy atom. The highest BCUT2D eigenvalue weighted by Gasteiger charge is 2.56. The number of hydrogen-bond donors (Lipinski definition) is 2. The Bertz CT molecular complexity index is 1140. The highest BCUT2D eigenvalue weighted by molar-refractivity contribution is 5.81. The number of benzene rings is 2. The van der Waals surface area contributed by atoms with Crippen molar-refractivity contribution in [3.05, 3.63) is 65.1 Å². The van der Waals surface area contributed by atoms with E-state index in [9.17, 15) is 22.7 Å². The number of aromatic amines is 1. The number of methoxy groups -OCH3 is 1. The Hall–Kier alpha value is -3.05. The zero-order valence-electron chi connectivity index (χ0n) is 17.3. The van der Waals surface area contributed by atoms with Gasteiger partial charge in [0.2, 0.25) is 0 Å². The van der Waals surface area contributed by atoms with Gasteiger partial charge in [0.05, 0.1) is 18.7 Å². The molecule has 4 nitrogen and oxygen atoms in total. The van der Waals surface area contributed by atoms with Crippen LogP contribution in [0.2, 0.25) is 0 Å². The molecule has 164 valence electrons. The molecule has 0 aliphatic heterocycles. The first-order chi connectivity index (χ1) is 14.4. The lowest BCUT2D eigenvalue weighted by Gasteiger charge is -2.38. The van der Waals surface area contributed by atoms with Crippen LogP contribution in [-0.2, 0) is 11.8 Å². The molecule has 0 bridgehead atoms. The van der Waals surface area contributed by atoms with Crippen molar-refractivity contribution < 1.29 is 27.4 Å².